The molecule has 0 fully saturated rings. The lowest BCUT2D eigenvalue weighted by atomic mass is 10.2. The van der Waals surface area contributed by atoms with Crippen LogP contribution in [0.15, 0.2) is 24.4 Å². The van der Waals surface area contributed by atoms with Gasteiger partial charge in [-0.1, -0.05) is 23.2 Å². The maximum atomic E-state index is 12.3. The number of carbonyl (C=O) groups is 1. The van der Waals surface area contributed by atoms with Crippen molar-refractivity contribution in [1.82, 2.24) is 10.3 Å². The van der Waals surface area contributed by atoms with Gasteiger partial charge in [0.2, 0.25) is 5.88 Å². The Morgan fingerprint density at radius 3 is 2.48 bits per heavy atom. The van der Waals surface area contributed by atoms with Crippen LogP contribution in [-0.4, -0.2) is 37.4 Å². The van der Waals surface area contributed by atoms with Gasteiger partial charge in [0.1, 0.15) is 5.02 Å². The molecule has 0 aliphatic rings. The highest BCUT2D eigenvalue weighted by molar-refractivity contribution is 6.32. The quantitative estimate of drug-likeness (QED) is 0.630. The number of hydrogen-bond donors (Lipinski definition) is 1. The highest BCUT2D eigenvalue weighted by Gasteiger charge is 2.29. The molecule has 0 aliphatic carbocycles. The van der Waals surface area contributed by atoms with Crippen molar-refractivity contribution in [2.75, 3.05) is 20.3 Å². The first-order valence-corrected chi connectivity index (χ1v) is 9.02. The molecule has 0 spiro atoms. The summed E-state index contributed by atoms with van der Waals surface area (Å²) >= 11 is 12.0. The number of rotatable bonds is 8. The number of nitrogens with zero attached hydrogens (tertiary/aromatic N) is 1. The van der Waals surface area contributed by atoms with Crippen LogP contribution in [0.3, 0.4) is 0 Å². The smallest absolute Gasteiger partial charge is 0.422 e. The topological polar surface area (TPSA) is 69.7 Å². The number of methoxy groups -OCH3 is 1. The minimum Gasteiger partial charge on any atom is -0.493 e. The number of benzene rings is 1. The first kappa shape index (κ1) is 22.9. The van der Waals surface area contributed by atoms with Gasteiger partial charge in [-0.15, -0.1) is 0 Å². The number of pyridine rings is 1. The Kier molecular flexibility index (Phi) is 7.80. The number of carbonyl (C=O) groups excluding carboxylic acids is 1. The zero-order valence-electron chi connectivity index (χ0n) is 15.4. The number of amides is 1. The standard InChI is InChI=1S/C18H17Cl2F3N2O4/c1-3-28-15-12(19)4-10(5-14(15)27-2)7-24-16(26)11-6-13(20)17(25-8-11)29-9-18(21,22)23/h4-6,8H,3,7,9H2,1-2H3,(H,24,26). The molecule has 0 saturated heterocycles. The van der Waals surface area contributed by atoms with Crippen LogP contribution in [-0.2, 0) is 6.54 Å². The van der Waals surface area contributed by atoms with Crippen molar-refractivity contribution < 1.29 is 32.2 Å². The lowest BCUT2D eigenvalue weighted by Crippen LogP contribution is -2.23. The van der Waals surface area contributed by atoms with Crippen LogP contribution in [0.1, 0.15) is 22.8 Å². The third-order valence-electron chi connectivity index (χ3n) is 3.47. The van der Waals surface area contributed by atoms with Crippen LogP contribution in [0.2, 0.25) is 10.0 Å². The van der Waals surface area contributed by atoms with Gasteiger partial charge in [0.05, 0.1) is 24.3 Å². The number of nitrogens with one attached hydrogen (secondary N) is 1. The number of hydrogen-bond acceptors (Lipinski definition) is 5. The van der Waals surface area contributed by atoms with Crippen LogP contribution in [0.25, 0.3) is 0 Å². The summed E-state index contributed by atoms with van der Waals surface area (Å²) in [5.74, 6) is -0.133. The Morgan fingerprint density at radius 1 is 1.17 bits per heavy atom. The molecule has 0 aliphatic heterocycles. The molecule has 6 nitrogen and oxygen atoms in total. The molecule has 1 heterocycles. The Bertz CT molecular complexity index is 879. The van der Waals surface area contributed by atoms with Gasteiger partial charge in [-0.25, -0.2) is 4.98 Å². The van der Waals surface area contributed by atoms with E-state index in [2.05, 4.69) is 15.0 Å². The second-order valence-electron chi connectivity index (χ2n) is 5.64. The Hall–Kier alpha value is -2.39. The van der Waals surface area contributed by atoms with Crippen LogP contribution in [0.4, 0.5) is 13.2 Å². The summed E-state index contributed by atoms with van der Waals surface area (Å²) in [5, 5.41) is 2.74. The normalized spacial score (nSPS) is 11.1. The van der Waals surface area contributed by atoms with Crippen LogP contribution in [0, 0.1) is 0 Å². The minimum absolute atomic E-state index is 0.0540. The highest BCUT2D eigenvalue weighted by atomic mass is 35.5. The fourth-order valence-corrected chi connectivity index (χ4v) is 2.76. The Morgan fingerprint density at radius 2 is 1.90 bits per heavy atom. The molecule has 29 heavy (non-hydrogen) atoms. The molecule has 2 aromatic rings. The van der Waals surface area contributed by atoms with Gasteiger partial charge in [0.15, 0.2) is 18.1 Å². The fraction of sp³-hybridized carbons (Fsp3) is 0.333. The van der Waals surface area contributed by atoms with Gasteiger partial charge in [-0.3, -0.25) is 4.79 Å². The van der Waals surface area contributed by atoms with E-state index in [0.717, 1.165) is 6.20 Å². The first-order valence-electron chi connectivity index (χ1n) is 8.27. The minimum atomic E-state index is -4.53. The van der Waals surface area contributed by atoms with E-state index in [0.29, 0.717) is 28.7 Å². The van der Waals surface area contributed by atoms with Gasteiger partial charge in [0, 0.05) is 12.7 Å². The predicted molar refractivity (Wildman–Crippen MR) is 101 cm³/mol. The lowest BCUT2D eigenvalue weighted by Gasteiger charge is -2.14. The summed E-state index contributed by atoms with van der Waals surface area (Å²) in [7, 11) is 1.46. The Labute approximate surface area is 174 Å². The van der Waals surface area contributed by atoms with Gasteiger partial charge >= 0.3 is 6.18 Å². The SMILES string of the molecule is CCOc1c(Cl)cc(CNC(=O)c2cnc(OCC(F)(F)F)c(Cl)c2)cc1OC. The molecule has 0 unspecified atom stereocenters. The summed E-state index contributed by atoms with van der Waals surface area (Å²) in [6, 6.07) is 4.45. The second kappa shape index (κ2) is 9.89. The van der Waals surface area contributed by atoms with Crippen molar-refractivity contribution in [2.45, 2.75) is 19.6 Å². The van der Waals surface area contributed by atoms with Crippen molar-refractivity contribution in [3.05, 3.63) is 45.6 Å². The van der Waals surface area contributed by atoms with Gasteiger partial charge in [-0.2, -0.15) is 13.2 Å². The van der Waals surface area contributed by atoms with Crippen LogP contribution < -0.4 is 19.5 Å². The summed E-state index contributed by atoms with van der Waals surface area (Å²) < 4.78 is 51.8. The second-order valence-corrected chi connectivity index (χ2v) is 6.45. The van der Waals surface area contributed by atoms with E-state index >= 15 is 0 Å². The monoisotopic (exact) mass is 452 g/mol. The number of ether oxygens (including phenoxy) is 3. The molecule has 1 aromatic carbocycles. The molecular weight excluding hydrogens is 436 g/mol. The summed E-state index contributed by atoms with van der Waals surface area (Å²) in [6.07, 6.45) is -3.46. The summed E-state index contributed by atoms with van der Waals surface area (Å²) in [6.45, 7) is 0.780. The fourth-order valence-electron chi connectivity index (χ4n) is 2.25. The van der Waals surface area contributed by atoms with Gasteiger partial charge < -0.3 is 19.5 Å². The van der Waals surface area contributed by atoms with Crippen LogP contribution >= 0.6 is 23.2 Å². The summed E-state index contributed by atoms with van der Waals surface area (Å²) in [4.78, 5) is 15.9. The van der Waals surface area contributed by atoms with Gasteiger partial charge in [0.25, 0.3) is 5.91 Å². The molecule has 0 atom stereocenters. The first-order chi connectivity index (χ1) is 13.6. The Balaban J connectivity index is 2.05. The third kappa shape index (κ3) is 6.57. The average Bonchev–Trinajstić information content (AvgIpc) is 2.66. The van der Waals surface area contributed by atoms with E-state index in [4.69, 9.17) is 32.7 Å². The molecule has 0 saturated carbocycles. The molecular formula is C18H17Cl2F3N2O4. The largest absolute Gasteiger partial charge is 0.493 e. The highest BCUT2D eigenvalue weighted by Crippen LogP contribution is 2.36. The summed E-state index contributed by atoms with van der Waals surface area (Å²) in [5.41, 5.74) is 0.700. The zero-order chi connectivity index (χ0) is 21.6. The molecule has 158 valence electrons. The van der Waals surface area contributed by atoms with E-state index in [1.54, 1.807) is 12.1 Å². The van der Waals surface area contributed by atoms with E-state index < -0.39 is 24.6 Å². The lowest BCUT2D eigenvalue weighted by molar-refractivity contribution is -0.154. The molecule has 2 rings (SSSR count). The van der Waals surface area contributed by atoms with E-state index in [-0.39, 0.29) is 17.1 Å². The van der Waals surface area contributed by atoms with Crippen molar-refractivity contribution in [3.63, 3.8) is 0 Å². The predicted octanol–water partition coefficient (Wildman–Crippen LogP) is 4.67. The van der Waals surface area contributed by atoms with E-state index in [1.165, 1.54) is 13.2 Å². The maximum absolute atomic E-state index is 12.3. The molecule has 0 bridgehead atoms. The number of aromatic nitrogens is 1. The molecule has 1 N–H and O–H groups in total. The molecule has 0 radical (unpaired) electrons. The van der Waals surface area contributed by atoms with E-state index in [1.807, 2.05) is 6.92 Å². The van der Waals surface area contributed by atoms with Crippen molar-refractivity contribution in [1.29, 1.82) is 0 Å². The average molecular weight is 453 g/mol. The number of alkyl halides is 3. The van der Waals surface area contributed by atoms with Crippen molar-refractivity contribution in [2.24, 2.45) is 0 Å². The molecule has 1 amide bonds. The van der Waals surface area contributed by atoms with E-state index in [9.17, 15) is 18.0 Å². The van der Waals surface area contributed by atoms with Crippen molar-refractivity contribution in [3.8, 4) is 17.4 Å². The number of halogens is 5. The maximum Gasteiger partial charge on any atom is 0.422 e. The van der Waals surface area contributed by atoms with Crippen molar-refractivity contribution >= 4 is 29.1 Å². The zero-order valence-corrected chi connectivity index (χ0v) is 16.9. The molecule has 11 heteroatoms. The molecule has 1 aromatic heterocycles. The third-order valence-corrected chi connectivity index (χ3v) is 4.02. The van der Waals surface area contributed by atoms with Gasteiger partial charge in [-0.05, 0) is 30.7 Å². The van der Waals surface area contributed by atoms with Crippen LogP contribution in [0.5, 0.6) is 17.4 Å².